The predicted octanol–water partition coefficient (Wildman–Crippen LogP) is 3.11. The van der Waals surface area contributed by atoms with Gasteiger partial charge in [0.25, 0.3) is 0 Å². The fourth-order valence-corrected chi connectivity index (χ4v) is 2.56. The molecule has 1 aliphatic carbocycles. The standard InChI is InChI=1S/C14H24O3/c1-10(15)12(11-7-5-6-8-11)9-13(16)17-14(2,3)4/h11-12H,5-9H2,1-4H3/t12-/m1/s1. The van der Waals surface area contributed by atoms with E-state index in [2.05, 4.69) is 0 Å². The molecule has 17 heavy (non-hydrogen) atoms. The molecular formula is C14H24O3. The molecule has 0 saturated heterocycles. The number of Topliss-reactive ketones (excluding diaryl/α,β-unsaturated/α-hetero) is 1. The van der Waals surface area contributed by atoms with Gasteiger partial charge in [0.1, 0.15) is 11.4 Å². The van der Waals surface area contributed by atoms with Crippen molar-refractivity contribution in [3.05, 3.63) is 0 Å². The van der Waals surface area contributed by atoms with E-state index in [4.69, 9.17) is 4.74 Å². The van der Waals surface area contributed by atoms with Gasteiger partial charge in [-0.15, -0.1) is 0 Å². The van der Waals surface area contributed by atoms with E-state index in [-0.39, 0.29) is 24.1 Å². The number of esters is 1. The SMILES string of the molecule is CC(=O)[C@@H](CC(=O)OC(C)(C)C)C1CCCC1. The van der Waals surface area contributed by atoms with Gasteiger partial charge >= 0.3 is 5.97 Å². The van der Waals surface area contributed by atoms with E-state index in [1.165, 1.54) is 12.8 Å². The molecule has 0 aromatic carbocycles. The molecule has 3 nitrogen and oxygen atoms in total. The second kappa shape index (κ2) is 5.65. The third kappa shape index (κ3) is 4.88. The maximum Gasteiger partial charge on any atom is 0.307 e. The summed E-state index contributed by atoms with van der Waals surface area (Å²) in [5.41, 5.74) is -0.464. The van der Waals surface area contributed by atoms with Crippen LogP contribution in [0.15, 0.2) is 0 Å². The number of hydrogen-bond acceptors (Lipinski definition) is 3. The quantitative estimate of drug-likeness (QED) is 0.709. The van der Waals surface area contributed by atoms with Crippen molar-refractivity contribution in [2.45, 2.75) is 65.4 Å². The summed E-state index contributed by atoms with van der Waals surface area (Å²) < 4.78 is 5.29. The highest BCUT2D eigenvalue weighted by Gasteiger charge is 2.31. The Hall–Kier alpha value is -0.860. The predicted molar refractivity (Wildman–Crippen MR) is 66.6 cm³/mol. The summed E-state index contributed by atoms with van der Waals surface area (Å²) >= 11 is 0. The van der Waals surface area contributed by atoms with Crippen LogP contribution in [0.5, 0.6) is 0 Å². The fourth-order valence-electron chi connectivity index (χ4n) is 2.56. The minimum atomic E-state index is -0.464. The van der Waals surface area contributed by atoms with Gasteiger partial charge in [-0.05, 0) is 46.5 Å². The molecular weight excluding hydrogens is 216 g/mol. The fraction of sp³-hybridized carbons (Fsp3) is 0.857. The third-order valence-corrected chi connectivity index (χ3v) is 3.30. The van der Waals surface area contributed by atoms with Crippen molar-refractivity contribution in [2.75, 3.05) is 0 Å². The normalized spacial score (nSPS) is 19.1. The topological polar surface area (TPSA) is 43.4 Å². The van der Waals surface area contributed by atoms with Crippen molar-refractivity contribution in [1.29, 1.82) is 0 Å². The number of rotatable bonds is 4. The van der Waals surface area contributed by atoms with Gasteiger partial charge in [-0.25, -0.2) is 0 Å². The maximum absolute atomic E-state index is 11.8. The smallest absolute Gasteiger partial charge is 0.307 e. The Balaban J connectivity index is 2.55. The van der Waals surface area contributed by atoms with Gasteiger partial charge in [0.15, 0.2) is 0 Å². The lowest BCUT2D eigenvalue weighted by molar-refractivity contribution is -0.157. The maximum atomic E-state index is 11.8. The van der Waals surface area contributed by atoms with Crippen LogP contribution in [0.3, 0.4) is 0 Å². The van der Waals surface area contributed by atoms with Crippen molar-refractivity contribution in [2.24, 2.45) is 11.8 Å². The van der Waals surface area contributed by atoms with E-state index < -0.39 is 5.60 Å². The van der Waals surface area contributed by atoms with E-state index in [9.17, 15) is 9.59 Å². The largest absolute Gasteiger partial charge is 0.460 e. The summed E-state index contributed by atoms with van der Waals surface area (Å²) in [6.45, 7) is 7.14. The highest BCUT2D eigenvalue weighted by Crippen LogP contribution is 2.34. The van der Waals surface area contributed by atoms with Crippen LogP contribution < -0.4 is 0 Å². The first-order valence-electron chi connectivity index (χ1n) is 6.52. The highest BCUT2D eigenvalue weighted by atomic mass is 16.6. The van der Waals surface area contributed by atoms with Crippen LogP contribution in [0, 0.1) is 11.8 Å². The van der Waals surface area contributed by atoms with Crippen LogP contribution in [0.2, 0.25) is 0 Å². The Labute approximate surface area is 104 Å². The molecule has 1 fully saturated rings. The Morgan fingerprint density at radius 1 is 1.24 bits per heavy atom. The molecule has 98 valence electrons. The minimum absolute atomic E-state index is 0.128. The summed E-state index contributed by atoms with van der Waals surface area (Å²) in [5.74, 6) is 0.139. The summed E-state index contributed by atoms with van der Waals surface area (Å²) in [6, 6.07) is 0. The average molecular weight is 240 g/mol. The summed E-state index contributed by atoms with van der Waals surface area (Å²) in [4.78, 5) is 23.4. The van der Waals surface area contributed by atoms with Crippen LogP contribution in [0.4, 0.5) is 0 Å². The molecule has 0 heterocycles. The third-order valence-electron chi connectivity index (χ3n) is 3.30. The molecule has 0 spiro atoms. The zero-order valence-electron chi connectivity index (χ0n) is 11.4. The molecule has 0 radical (unpaired) electrons. The highest BCUT2D eigenvalue weighted by molar-refractivity contribution is 5.83. The Morgan fingerprint density at radius 2 is 1.76 bits per heavy atom. The lowest BCUT2D eigenvalue weighted by atomic mass is 9.85. The molecule has 1 atom stereocenters. The molecule has 1 rings (SSSR count). The van der Waals surface area contributed by atoms with Gasteiger partial charge in [-0.2, -0.15) is 0 Å². The van der Waals surface area contributed by atoms with Gasteiger partial charge in [-0.1, -0.05) is 12.8 Å². The number of ether oxygens (including phenoxy) is 1. The monoisotopic (exact) mass is 240 g/mol. The lowest BCUT2D eigenvalue weighted by Crippen LogP contribution is -2.29. The van der Waals surface area contributed by atoms with Crippen molar-refractivity contribution in [3.8, 4) is 0 Å². The van der Waals surface area contributed by atoms with Crippen molar-refractivity contribution < 1.29 is 14.3 Å². The molecule has 1 saturated carbocycles. The zero-order valence-corrected chi connectivity index (χ0v) is 11.4. The molecule has 0 N–H and O–H groups in total. The van der Waals surface area contributed by atoms with E-state index in [1.807, 2.05) is 20.8 Å². The first-order valence-corrected chi connectivity index (χ1v) is 6.52. The number of carbonyl (C=O) groups excluding carboxylic acids is 2. The lowest BCUT2D eigenvalue weighted by Gasteiger charge is -2.24. The second-order valence-electron chi connectivity index (χ2n) is 6.05. The molecule has 0 aliphatic heterocycles. The van der Waals surface area contributed by atoms with Gasteiger partial charge in [0, 0.05) is 5.92 Å². The van der Waals surface area contributed by atoms with Crippen molar-refractivity contribution in [1.82, 2.24) is 0 Å². The van der Waals surface area contributed by atoms with Crippen LogP contribution in [0.1, 0.15) is 59.8 Å². The number of carbonyl (C=O) groups is 2. The van der Waals surface area contributed by atoms with Crippen LogP contribution in [-0.4, -0.2) is 17.4 Å². The van der Waals surface area contributed by atoms with Gasteiger partial charge in [-0.3, -0.25) is 9.59 Å². The molecule has 0 unspecified atom stereocenters. The second-order valence-corrected chi connectivity index (χ2v) is 6.05. The van der Waals surface area contributed by atoms with Gasteiger partial charge in [0.05, 0.1) is 6.42 Å². The minimum Gasteiger partial charge on any atom is -0.460 e. The Kier molecular flexibility index (Phi) is 4.72. The number of ketones is 1. The number of hydrogen-bond donors (Lipinski definition) is 0. The molecule has 0 bridgehead atoms. The van der Waals surface area contributed by atoms with Crippen molar-refractivity contribution in [3.63, 3.8) is 0 Å². The van der Waals surface area contributed by atoms with E-state index in [0.29, 0.717) is 5.92 Å². The van der Waals surface area contributed by atoms with Crippen LogP contribution >= 0.6 is 0 Å². The van der Waals surface area contributed by atoms with Crippen LogP contribution in [0.25, 0.3) is 0 Å². The summed E-state index contributed by atoms with van der Waals surface area (Å²) in [7, 11) is 0. The first kappa shape index (κ1) is 14.2. The summed E-state index contributed by atoms with van der Waals surface area (Å²) in [5, 5.41) is 0. The molecule has 0 aromatic heterocycles. The molecule has 1 aliphatic rings. The van der Waals surface area contributed by atoms with Crippen LogP contribution in [-0.2, 0) is 14.3 Å². The Bertz CT molecular complexity index is 282. The van der Waals surface area contributed by atoms with Gasteiger partial charge in [0.2, 0.25) is 0 Å². The molecule has 0 aromatic rings. The average Bonchev–Trinajstić information content (AvgIpc) is 2.63. The first-order chi connectivity index (χ1) is 7.79. The zero-order chi connectivity index (χ0) is 13.1. The molecule has 3 heteroatoms. The van der Waals surface area contributed by atoms with E-state index in [0.717, 1.165) is 12.8 Å². The van der Waals surface area contributed by atoms with E-state index in [1.54, 1.807) is 6.92 Å². The summed E-state index contributed by atoms with van der Waals surface area (Å²) in [6.07, 6.45) is 4.77. The van der Waals surface area contributed by atoms with Crippen molar-refractivity contribution >= 4 is 11.8 Å². The van der Waals surface area contributed by atoms with Gasteiger partial charge < -0.3 is 4.74 Å². The van der Waals surface area contributed by atoms with E-state index >= 15 is 0 Å². The Morgan fingerprint density at radius 3 is 2.18 bits per heavy atom. The molecule has 0 amide bonds.